The zero-order chi connectivity index (χ0) is 10.8. The summed E-state index contributed by atoms with van der Waals surface area (Å²) < 4.78 is 0. The minimum atomic E-state index is -0.375. The van der Waals surface area contributed by atoms with Gasteiger partial charge in [0.05, 0.1) is 16.8 Å². The molecule has 1 amide bonds. The number of hydrogen-bond acceptors (Lipinski definition) is 3. The van der Waals surface area contributed by atoms with Gasteiger partial charge in [0.15, 0.2) is 0 Å². The second kappa shape index (κ2) is 3.57. The number of hydrogen-bond donors (Lipinski definition) is 0. The summed E-state index contributed by atoms with van der Waals surface area (Å²) in [6, 6.07) is 5.24. The van der Waals surface area contributed by atoms with Crippen molar-refractivity contribution < 1.29 is 4.79 Å². The Kier molecular flexibility index (Phi) is 2.25. The Hall–Kier alpha value is -2.10. The van der Waals surface area contributed by atoms with Crippen molar-refractivity contribution in [1.82, 2.24) is 9.97 Å². The molecule has 0 spiro atoms. The van der Waals surface area contributed by atoms with Gasteiger partial charge in [-0.2, -0.15) is 0 Å². The van der Waals surface area contributed by atoms with Crippen LogP contribution in [0.15, 0.2) is 29.4 Å². The first-order chi connectivity index (χ1) is 7.22. The van der Waals surface area contributed by atoms with Crippen LogP contribution in [0.3, 0.4) is 0 Å². The van der Waals surface area contributed by atoms with Crippen LogP contribution in [-0.4, -0.2) is 22.6 Å². The average molecular weight is 199 g/mol. The molecule has 0 aliphatic heterocycles. The van der Waals surface area contributed by atoms with Gasteiger partial charge in [-0.25, -0.2) is 9.98 Å². The first kappa shape index (κ1) is 9.45. The topological polar surface area (TPSA) is 55.2 Å². The second-order valence-electron chi connectivity index (χ2n) is 3.15. The first-order valence-corrected chi connectivity index (χ1v) is 4.46. The molecule has 0 saturated heterocycles. The van der Waals surface area contributed by atoms with E-state index in [1.54, 1.807) is 18.3 Å². The van der Waals surface area contributed by atoms with Crippen LogP contribution in [-0.2, 0) is 0 Å². The fraction of sp³-hybridized carbons (Fsp3) is 0.0909. The lowest BCUT2D eigenvalue weighted by Crippen LogP contribution is -1.98. The fourth-order valence-corrected chi connectivity index (χ4v) is 1.38. The van der Waals surface area contributed by atoms with E-state index in [1.165, 1.54) is 0 Å². The molecule has 0 unspecified atom stereocenters. The van der Waals surface area contributed by atoms with Crippen molar-refractivity contribution in [2.75, 3.05) is 0 Å². The average Bonchev–Trinajstić information content (AvgIpc) is 2.27. The molecule has 4 nitrogen and oxygen atoms in total. The van der Waals surface area contributed by atoms with Gasteiger partial charge in [-0.05, 0) is 25.8 Å². The molecule has 0 atom stereocenters. The summed E-state index contributed by atoms with van der Waals surface area (Å²) in [4.78, 5) is 23.3. The van der Waals surface area contributed by atoms with Gasteiger partial charge in [0.2, 0.25) is 0 Å². The number of para-hydroxylation sites is 1. The summed E-state index contributed by atoms with van der Waals surface area (Å²) in [6.07, 6.45) is 1.66. The first-order valence-electron chi connectivity index (χ1n) is 4.46. The number of carbonyl (C=O) groups excluding carboxylic acids is 1. The lowest BCUT2D eigenvalue weighted by atomic mass is 10.1. The molecular weight excluding hydrogens is 190 g/mol. The van der Waals surface area contributed by atoms with Gasteiger partial charge in [-0.3, -0.25) is 9.78 Å². The van der Waals surface area contributed by atoms with Gasteiger partial charge < -0.3 is 0 Å². The molecule has 2 rings (SSSR count). The Bertz CT molecular complexity index is 549. The van der Waals surface area contributed by atoms with Crippen molar-refractivity contribution in [3.63, 3.8) is 0 Å². The molecule has 0 aliphatic rings. The molecule has 4 heteroatoms. The maximum atomic E-state index is 11.4. The molecule has 2 aromatic rings. The van der Waals surface area contributed by atoms with Crippen LogP contribution < -0.4 is 0 Å². The van der Waals surface area contributed by atoms with E-state index in [1.807, 2.05) is 13.0 Å². The number of nitrogens with zero attached hydrogens (tertiary/aromatic N) is 3. The van der Waals surface area contributed by atoms with Gasteiger partial charge >= 0.3 is 0 Å². The lowest BCUT2D eigenvalue weighted by molar-refractivity contribution is 0.100. The number of rotatable bonds is 1. The predicted octanol–water partition coefficient (Wildman–Crippen LogP) is 1.78. The van der Waals surface area contributed by atoms with Crippen LogP contribution in [0.1, 0.15) is 16.1 Å². The lowest BCUT2D eigenvalue weighted by Gasteiger charge is -2.01. The van der Waals surface area contributed by atoms with Gasteiger partial charge in [0, 0.05) is 6.20 Å². The Labute approximate surface area is 86.7 Å². The number of aryl methyl sites for hydroxylation is 1. The summed E-state index contributed by atoms with van der Waals surface area (Å²) in [7, 11) is 0. The smallest absolute Gasteiger partial charge is 0.267 e. The van der Waals surface area contributed by atoms with E-state index in [2.05, 4.69) is 21.7 Å². The number of carbonyl (C=O) groups is 1. The van der Waals surface area contributed by atoms with E-state index in [9.17, 15) is 4.79 Å². The molecular formula is C11H9N3O. The van der Waals surface area contributed by atoms with Crippen molar-refractivity contribution >= 4 is 23.7 Å². The van der Waals surface area contributed by atoms with E-state index in [-0.39, 0.29) is 5.91 Å². The zero-order valence-electron chi connectivity index (χ0n) is 8.27. The van der Waals surface area contributed by atoms with E-state index in [0.29, 0.717) is 16.6 Å². The molecule has 0 bridgehead atoms. The molecule has 0 radical (unpaired) electrons. The van der Waals surface area contributed by atoms with Crippen LogP contribution >= 0.6 is 0 Å². The van der Waals surface area contributed by atoms with Crippen molar-refractivity contribution in [3.8, 4) is 0 Å². The van der Waals surface area contributed by atoms with Gasteiger partial charge in [-0.1, -0.05) is 6.07 Å². The van der Waals surface area contributed by atoms with Crippen molar-refractivity contribution in [1.29, 1.82) is 0 Å². The molecule has 0 aliphatic carbocycles. The molecule has 74 valence electrons. The third-order valence-electron chi connectivity index (χ3n) is 2.07. The zero-order valence-corrected chi connectivity index (χ0v) is 8.27. The number of aliphatic imine (C=N–C) groups is 1. The summed E-state index contributed by atoms with van der Waals surface area (Å²) >= 11 is 0. The number of amides is 1. The normalized spacial score (nSPS) is 10.2. The van der Waals surface area contributed by atoms with E-state index < -0.39 is 0 Å². The number of aromatic nitrogens is 2. The van der Waals surface area contributed by atoms with E-state index >= 15 is 0 Å². The molecule has 0 fully saturated rings. The second-order valence-corrected chi connectivity index (χ2v) is 3.15. The SMILES string of the molecule is C=NC(=O)c1cccc2ncc(C)nc12. The van der Waals surface area contributed by atoms with Crippen molar-refractivity contribution in [2.24, 2.45) is 4.99 Å². The summed E-state index contributed by atoms with van der Waals surface area (Å²) in [5.74, 6) is -0.375. The maximum Gasteiger partial charge on any atom is 0.278 e. The highest BCUT2D eigenvalue weighted by Gasteiger charge is 2.09. The monoisotopic (exact) mass is 199 g/mol. The van der Waals surface area contributed by atoms with Crippen molar-refractivity contribution in [3.05, 3.63) is 35.7 Å². The quantitative estimate of drug-likeness (QED) is 0.658. The Morgan fingerprint density at radius 2 is 2.27 bits per heavy atom. The highest BCUT2D eigenvalue weighted by atomic mass is 16.1. The third-order valence-corrected chi connectivity index (χ3v) is 2.07. The summed E-state index contributed by atoms with van der Waals surface area (Å²) in [5.41, 5.74) is 2.48. The molecule has 15 heavy (non-hydrogen) atoms. The van der Waals surface area contributed by atoms with Crippen LogP contribution in [0.5, 0.6) is 0 Å². The minimum absolute atomic E-state index is 0.375. The van der Waals surface area contributed by atoms with Crippen LogP contribution in [0.2, 0.25) is 0 Å². The highest BCUT2D eigenvalue weighted by molar-refractivity contribution is 6.06. The number of benzene rings is 1. The standard InChI is InChI=1S/C11H9N3O/c1-7-6-13-9-5-3-4-8(10(9)14-7)11(15)12-2/h3-6H,2H2,1H3. The molecule has 1 aromatic carbocycles. The summed E-state index contributed by atoms with van der Waals surface area (Å²) in [6.45, 7) is 5.05. The van der Waals surface area contributed by atoms with Crippen LogP contribution in [0.4, 0.5) is 0 Å². The third kappa shape index (κ3) is 1.61. The Morgan fingerprint density at radius 1 is 1.47 bits per heavy atom. The summed E-state index contributed by atoms with van der Waals surface area (Å²) in [5, 5.41) is 0. The van der Waals surface area contributed by atoms with E-state index in [0.717, 1.165) is 5.69 Å². The molecule has 0 saturated carbocycles. The van der Waals surface area contributed by atoms with E-state index in [4.69, 9.17) is 0 Å². The highest BCUT2D eigenvalue weighted by Crippen LogP contribution is 2.15. The minimum Gasteiger partial charge on any atom is -0.267 e. The molecule has 0 N–H and O–H groups in total. The maximum absolute atomic E-state index is 11.4. The van der Waals surface area contributed by atoms with Gasteiger partial charge in [0.1, 0.15) is 5.52 Å². The van der Waals surface area contributed by atoms with Crippen LogP contribution in [0.25, 0.3) is 11.0 Å². The number of fused-ring (bicyclic) bond motifs is 1. The van der Waals surface area contributed by atoms with Crippen LogP contribution in [0, 0.1) is 6.92 Å². The molecule has 1 aromatic heterocycles. The largest absolute Gasteiger partial charge is 0.278 e. The predicted molar refractivity (Wildman–Crippen MR) is 58.2 cm³/mol. The van der Waals surface area contributed by atoms with Crippen molar-refractivity contribution in [2.45, 2.75) is 6.92 Å². The fourth-order valence-electron chi connectivity index (χ4n) is 1.38. The molecule has 1 heterocycles. The Balaban J connectivity index is 2.79. The Morgan fingerprint density at radius 3 is 3.00 bits per heavy atom. The van der Waals surface area contributed by atoms with Gasteiger partial charge in [-0.15, -0.1) is 0 Å². The van der Waals surface area contributed by atoms with Gasteiger partial charge in [0.25, 0.3) is 5.91 Å².